The summed E-state index contributed by atoms with van der Waals surface area (Å²) in [5.41, 5.74) is 2.83. The number of benzene rings is 1. The number of carbonyl (C=O) groups is 1. The number of nitrogens with one attached hydrogen (secondary N) is 1. The molecule has 3 rings (SSSR count). The number of imidazole rings is 1. The molecule has 7 nitrogen and oxygen atoms in total. The lowest BCUT2D eigenvalue weighted by Crippen LogP contribution is -2.36. The standard InChI is InChI=1S/C23H29N5O2/c1-18(2)22-25-10-11-27(22)16-19-6-4-8-21(14-19)26-23(29)28(12-13-30-3)17-20-7-5-9-24-15-20/h4-11,14-15,18H,12-13,16-17H2,1-3H3,(H,26,29). The van der Waals surface area contributed by atoms with Crippen molar-refractivity contribution in [3.05, 3.63) is 78.1 Å². The van der Waals surface area contributed by atoms with Gasteiger partial charge in [0.2, 0.25) is 0 Å². The van der Waals surface area contributed by atoms with E-state index in [9.17, 15) is 4.79 Å². The summed E-state index contributed by atoms with van der Waals surface area (Å²) in [6.45, 7) is 6.39. The first kappa shape index (κ1) is 21.5. The summed E-state index contributed by atoms with van der Waals surface area (Å²) in [5, 5.41) is 3.01. The maximum Gasteiger partial charge on any atom is 0.322 e. The molecule has 0 unspecified atom stereocenters. The number of aromatic nitrogens is 3. The van der Waals surface area contributed by atoms with E-state index >= 15 is 0 Å². The molecule has 0 aliphatic carbocycles. The highest BCUT2D eigenvalue weighted by atomic mass is 16.5. The van der Waals surface area contributed by atoms with Crippen LogP contribution in [0.4, 0.5) is 10.5 Å². The van der Waals surface area contributed by atoms with Crippen molar-refractivity contribution in [1.82, 2.24) is 19.4 Å². The highest BCUT2D eigenvalue weighted by molar-refractivity contribution is 5.89. The first-order valence-electron chi connectivity index (χ1n) is 10.1. The van der Waals surface area contributed by atoms with Crippen LogP contribution in [0.2, 0.25) is 0 Å². The number of urea groups is 1. The molecule has 30 heavy (non-hydrogen) atoms. The van der Waals surface area contributed by atoms with Gasteiger partial charge in [-0.05, 0) is 29.3 Å². The Morgan fingerprint density at radius 1 is 1.20 bits per heavy atom. The predicted octanol–water partition coefficient (Wildman–Crippen LogP) is 4.13. The van der Waals surface area contributed by atoms with Crippen molar-refractivity contribution >= 4 is 11.7 Å². The fourth-order valence-corrected chi connectivity index (χ4v) is 3.27. The molecule has 0 saturated heterocycles. The molecule has 2 amide bonds. The zero-order valence-corrected chi connectivity index (χ0v) is 17.8. The lowest BCUT2D eigenvalue weighted by molar-refractivity contribution is 0.153. The molecule has 1 aromatic carbocycles. The second kappa shape index (κ2) is 10.5. The van der Waals surface area contributed by atoms with Gasteiger partial charge in [0, 0.05) is 63.1 Å². The molecule has 2 heterocycles. The van der Waals surface area contributed by atoms with E-state index in [4.69, 9.17) is 4.74 Å². The molecule has 2 aromatic heterocycles. The van der Waals surface area contributed by atoms with Crippen molar-refractivity contribution in [2.45, 2.75) is 32.9 Å². The fraction of sp³-hybridized carbons (Fsp3) is 0.348. The molecule has 0 saturated carbocycles. The van der Waals surface area contributed by atoms with E-state index in [0.29, 0.717) is 32.2 Å². The van der Waals surface area contributed by atoms with Gasteiger partial charge in [-0.3, -0.25) is 4.98 Å². The number of nitrogens with zero attached hydrogens (tertiary/aromatic N) is 4. The SMILES string of the molecule is COCCN(Cc1cccnc1)C(=O)Nc1cccc(Cn2ccnc2C(C)C)c1. The summed E-state index contributed by atoms with van der Waals surface area (Å²) in [6.07, 6.45) is 7.30. The van der Waals surface area contributed by atoms with E-state index in [-0.39, 0.29) is 6.03 Å². The Bertz CT molecular complexity index is 940. The molecule has 0 aliphatic heterocycles. The van der Waals surface area contributed by atoms with E-state index in [0.717, 1.165) is 22.6 Å². The van der Waals surface area contributed by atoms with E-state index in [1.807, 2.05) is 42.7 Å². The lowest BCUT2D eigenvalue weighted by Gasteiger charge is -2.23. The van der Waals surface area contributed by atoms with Crippen LogP contribution in [0.25, 0.3) is 0 Å². The Morgan fingerprint density at radius 3 is 2.77 bits per heavy atom. The molecule has 0 bridgehead atoms. The van der Waals surface area contributed by atoms with Crippen LogP contribution in [-0.2, 0) is 17.8 Å². The minimum Gasteiger partial charge on any atom is -0.383 e. The van der Waals surface area contributed by atoms with Gasteiger partial charge in [-0.1, -0.05) is 32.0 Å². The topological polar surface area (TPSA) is 72.3 Å². The van der Waals surface area contributed by atoms with Crippen LogP contribution >= 0.6 is 0 Å². The summed E-state index contributed by atoms with van der Waals surface area (Å²) in [7, 11) is 1.63. The lowest BCUT2D eigenvalue weighted by atomic mass is 10.1. The third-order valence-corrected chi connectivity index (χ3v) is 4.74. The van der Waals surface area contributed by atoms with Crippen LogP contribution in [0.5, 0.6) is 0 Å². The van der Waals surface area contributed by atoms with Crippen LogP contribution in [0.3, 0.4) is 0 Å². The summed E-state index contributed by atoms with van der Waals surface area (Å²) in [5.74, 6) is 1.40. The van der Waals surface area contributed by atoms with Crippen molar-refractivity contribution in [3.8, 4) is 0 Å². The Balaban J connectivity index is 1.69. The summed E-state index contributed by atoms with van der Waals surface area (Å²) in [6, 6.07) is 11.6. The van der Waals surface area contributed by atoms with Gasteiger partial charge in [0.1, 0.15) is 5.82 Å². The minimum absolute atomic E-state index is 0.168. The minimum atomic E-state index is -0.168. The number of rotatable bonds is 9. The smallest absolute Gasteiger partial charge is 0.322 e. The van der Waals surface area contributed by atoms with Crippen molar-refractivity contribution in [3.63, 3.8) is 0 Å². The summed E-state index contributed by atoms with van der Waals surface area (Å²) >= 11 is 0. The second-order valence-corrected chi connectivity index (χ2v) is 7.47. The summed E-state index contributed by atoms with van der Waals surface area (Å²) < 4.78 is 7.31. The van der Waals surface area contributed by atoms with Crippen molar-refractivity contribution in [2.75, 3.05) is 25.6 Å². The molecule has 3 aromatic rings. The quantitative estimate of drug-likeness (QED) is 0.579. The first-order valence-corrected chi connectivity index (χ1v) is 10.1. The summed E-state index contributed by atoms with van der Waals surface area (Å²) in [4.78, 5) is 23.2. The number of ether oxygens (including phenoxy) is 1. The molecule has 1 N–H and O–H groups in total. The van der Waals surface area contributed by atoms with Gasteiger partial charge in [0.15, 0.2) is 0 Å². The zero-order chi connectivity index (χ0) is 21.3. The maximum absolute atomic E-state index is 12.9. The highest BCUT2D eigenvalue weighted by Gasteiger charge is 2.15. The molecule has 158 valence electrons. The van der Waals surface area contributed by atoms with Gasteiger partial charge >= 0.3 is 6.03 Å². The first-order chi connectivity index (χ1) is 14.6. The molecule has 7 heteroatoms. The molecule has 0 radical (unpaired) electrons. The molecule has 0 spiro atoms. The normalized spacial score (nSPS) is 10.9. The Labute approximate surface area is 177 Å². The van der Waals surface area contributed by atoms with Crippen molar-refractivity contribution < 1.29 is 9.53 Å². The number of amides is 2. The van der Waals surface area contributed by atoms with Crippen LogP contribution in [-0.4, -0.2) is 45.7 Å². The molecular weight excluding hydrogens is 378 g/mol. The Hall–Kier alpha value is -3.19. The average molecular weight is 408 g/mol. The molecule has 0 atom stereocenters. The highest BCUT2D eigenvalue weighted by Crippen LogP contribution is 2.17. The molecule has 0 aliphatic rings. The van der Waals surface area contributed by atoms with E-state index in [2.05, 4.69) is 39.8 Å². The van der Waals surface area contributed by atoms with Crippen LogP contribution in [0, 0.1) is 0 Å². The number of carbonyl (C=O) groups excluding carboxylic acids is 1. The number of pyridine rings is 1. The largest absolute Gasteiger partial charge is 0.383 e. The third-order valence-electron chi connectivity index (χ3n) is 4.74. The van der Waals surface area contributed by atoms with Gasteiger partial charge < -0.3 is 19.5 Å². The number of hydrogen-bond acceptors (Lipinski definition) is 4. The third kappa shape index (κ3) is 5.90. The maximum atomic E-state index is 12.9. The Kier molecular flexibility index (Phi) is 7.57. The fourth-order valence-electron chi connectivity index (χ4n) is 3.27. The van der Waals surface area contributed by atoms with Gasteiger partial charge in [-0.25, -0.2) is 9.78 Å². The average Bonchev–Trinajstić information content (AvgIpc) is 3.20. The zero-order valence-electron chi connectivity index (χ0n) is 17.8. The number of anilines is 1. The monoisotopic (exact) mass is 407 g/mol. The van der Waals surface area contributed by atoms with E-state index in [1.165, 1.54) is 0 Å². The van der Waals surface area contributed by atoms with Crippen LogP contribution in [0.1, 0.15) is 36.7 Å². The predicted molar refractivity (Wildman–Crippen MR) is 117 cm³/mol. The van der Waals surface area contributed by atoms with Crippen LogP contribution in [0.15, 0.2) is 61.2 Å². The number of methoxy groups -OCH3 is 1. The van der Waals surface area contributed by atoms with Gasteiger partial charge in [0.25, 0.3) is 0 Å². The van der Waals surface area contributed by atoms with Crippen LogP contribution < -0.4 is 5.32 Å². The van der Waals surface area contributed by atoms with Crippen molar-refractivity contribution in [1.29, 1.82) is 0 Å². The van der Waals surface area contributed by atoms with E-state index < -0.39 is 0 Å². The van der Waals surface area contributed by atoms with Crippen molar-refractivity contribution in [2.24, 2.45) is 0 Å². The second-order valence-electron chi connectivity index (χ2n) is 7.47. The van der Waals surface area contributed by atoms with Gasteiger partial charge in [0.05, 0.1) is 6.61 Å². The molecular formula is C23H29N5O2. The molecule has 0 fully saturated rings. The van der Waals surface area contributed by atoms with E-state index in [1.54, 1.807) is 24.4 Å². The Morgan fingerprint density at radius 2 is 2.03 bits per heavy atom. The van der Waals surface area contributed by atoms with Gasteiger partial charge in [-0.2, -0.15) is 0 Å². The van der Waals surface area contributed by atoms with Gasteiger partial charge in [-0.15, -0.1) is 0 Å². The number of hydrogen-bond donors (Lipinski definition) is 1.